The highest BCUT2D eigenvalue weighted by atomic mass is 32.2. The Morgan fingerprint density at radius 3 is 2.62 bits per heavy atom. The number of likely N-dealkylation sites (tertiary alicyclic amines) is 1. The zero-order valence-corrected chi connectivity index (χ0v) is 12.0. The molecule has 2 nitrogen and oxygen atoms in total. The molecule has 1 unspecified atom stereocenters. The van der Waals surface area contributed by atoms with E-state index in [1.807, 2.05) is 11.8 Å². The minimum absolute atomic E-state index is 0.784. The second kappa shape index (κ2) is 8.37. The second-order valence-corrected chi connectivity index (χ2v) is 6.00. The van der Waals surface area contributed by atoms with Crippen molar-refractivity contribution >= 4 is 11.8 Å². The Morgan fingerprint density at radius 2 is 2.06 bits per heavy atom. The number of hydrogen-bond acceptors (Lipinski definition) is 3. The summed E-state index contributed by atoms with van der Waals surface area (Å²) >= 11 is 1.97. The van der Waals surface area contributed by atoms with E-state index in [0.29, 0.717) is 0 Å². The third-order valence-corrected chi connectivity index (χ3v) is 4.19. The summed E-state index contributed by atoms with van der Waals surface area (Å²) in [5.41, 5.74) is 0. The third-order valence-electron chi connectivity index (χ3n) is 3.29. The standard InChI is InChI=1S/C13H28N2S/c1-4-7-14-13-5-8-15(9-6-13)10-12(2)11-16-3/h12-14H,4-11H2,1-3H3. The highest BCUT2D eigenvalue weighted by Crippen LogP contribution is 2.13. The van der Waals surface area contributed by atoms with Crippen LogP contribution in [0.1, 0.15) is 33.1 Å². The number of nitrogens with one attached hydrogen (secondary N) is 1. The van der Waals surface area contributed by atoms with Crippen molar-refractivity contribution in [2.75, 3.05) is 38.2 Å². The molecule has 0 saturated carbocycles. The molecule has 1 heterocycles. The summed E-state index contributed by atoms with van der Waals surface area (Å²) in [6.45, 7) is 9.68. The number of piperidine rings is 1. The van der Waals surface area contributed by atoms with Crippen LogP contribution in [-0.2, 0) is 0 Å². The molecule has 1 fully saturated rings. The Kier molecular flexibility index (Phi) is 7.50. The largest absolute Gasteiger partial charge is 0.314 e. The van der Waals surface area contributed by atoms with E-state index in [4.69, 9.17) is 0 Å². The smallest absolute Gasteiger partial charge is 0.00914 e. The summed E-state index contributed by atoms with van der Waals surface area (Å²) in [4.78, 5) is 2.64. The van der Waals surface area contributed by atoms with E-state index >= 15 is 0 Å². The molecule has 1 atom stereocenters. The first-order valence-electron chi connectivity index (χ1n) is 6.71. The Balaban J connectivity index is 2.11. The maximum absolute atomic E-state index is 3.64. The molecule has 3 heteroatoms. The first-order valence-corrected chi connectivity index (χ1v) is 8.10. The molecule has 0 spiro atoms. The lowest BCUT2D eigenvalue weighted by molar-refractivity contribution is 0.181. The van der Waals surface area contributed by atoms with Gasteiger partial charge in [-0.05, 0) is 56.8 Å². The summed E-state index contributed by atoms with van der Waals surface area (Å²) < 4.78 is 0. The van der Waals surface area contributed by atoms with E-state index in [2.05, 4.69) is 30.3 Å². The predicted molar refractivity (Wildman–Crippen MR) is 75.3 cm³/mol. The minimum Gasteiger partial charge on any atom is -0.314 e. The Labute approximate surface area is 106 Å². The van der Waals surface area contributed by atoms with Crippen LogP contribution in [0.5, 0.6) is 0 Å². The number of thioether (sulfide) groups is 1. The fourth-order valence-electron chi connectivity index (χ4n) is 2.45. The van der Waals surface area contributed by atoms with E-state index in [-0.39, 0.29) is 0 Å². The van der Waals surface area contributed by atoms with Crippen LogP contribution < -0.4 is 5.32 Å². The molecular formula is C13H28N2S. The van der Waals surface area contributed by atoms with Gasteiger partial charge in [-0.15, -0.1) is 0 Å². The molecule has 0 aromatic heterocycles. The lowest BCUT2D eigenvalue weighted by Gasteiger charge is -2.33. The van der Waals surface area contributed by atoms with Crippen LogP contribution in [0, 0.1) is 5.92 Å². The van der Waals surface area contributed by atoms with Gasteiger partial charge in [0.2, 0.25) is 0 Å². The maximum atomic E-state index is 3.64. The van der Waals surface area contributed by atoms with Gasteiger partial charge in [0, 0.05) is 12.6 Å². The molecule has 1 aliphatic heterocycles. The van der Waals surface area contributed by atoms with Crippen LogP contribution in [0.25, 0.3) is 0 Å². The van der Waals surface area contributed by atoms with Gasteiger partial charge >= 0.3 is 0 Å². The van der Waals surface area contributed by atoms with Gasteiger partial charge < -0.3 is 10.2 Å². The molecule has 0 aromatic carbocycles. The topological polar surface area (TPSA) is 15.3 Å². The van der Waals surface area contributed by atoms with Crippen molar-refractivity contribution in [2.24, 2.45) is 5.92 Å². The van der Waals surface area contributed by atoms with Gasteiger partial charge in [-0.2, -0.15) is 11.8 Å². The van der Waals surface area contributed by atoms with Gasteiger partial charge in [-0.3, -0.25) is 0 Å². The van der Waals surface area contributed by atoms with Gasteiger partial charge in [0.1, 0.15) is 0 Å². The average molecular weight is 244 g/mol. The van der Waals surface area contributed by atoms with Crippen molar-refractivity contribution in [3.8, 4) is 0 Å². The van der Waals surface area contributed by atoms with Gasteiger partial charge in [0.25, 0.3) is 0 Å². The molecule has 1 N–H and O–H groups in total. The number of rotatable bonds is 7. The Bertz CT molecular complexity index is 167. The van der Waals surface area contributed by atoms with Crippen molar-refractivity contribution in [3.05, 3.63) is 0 Å². The summed E-state index contributed by atoms with van der Waals surface area (Å²) in [7, 11) is 0. The molecule has 0 radical (unpaired) electrons. The van der Waals surface area contributed by atoms with Gasteiger partial charge in [0.05, 0.1) is 0 Å². The summed E-state index contributed by atoms with van der Waals surface area (Å²) in [5.74, 6) is 2.14. The second-order valence-electron chi connectivity index (χ2n) is 5.09. The Morgan fingerprint density at radius 1 is 1.38 bits per heavy atom. The average Bonchev–Trinajstić information content (AvgIpc) is 2.28. The Hall–Kier alpha value is 0.270. The highest BCUT2D eigenvalue weighted by Gasteiger charge is 2.19. The quantitative estimate of drug-likeness (QED) is 0.740. The normalized spacial score (nSPS) is 21.2. The lowest BCUT2D eigenvalue weighted by Crippen LogP contribution is -2.44. The van der Waals surface area contributed by atoms with Crippen LogP contribution in [0.3, 0.4) is 0 Å². The van der Waals surface area contributed by atoms with Crippen LogP contribution >= 0.6 is 11.8 Å². The van der Waals surface area contributed by atoms with Gasteiger partial charge in [-0.1, -0.05) is 13.8 Å². The summed E-state index contributed by atoms with van der Waals surface area (Å²) in [6, 6.07) is 0.784. The molecule has 1 saturated heterocycles. The van der Waals surface area contributed by atoms with Gasteiger partial charge in [-0.25, -0.2) is 0 Å². The van der Waals surface area contributed by atoms with E-state index in [9.17, 15) is 0 Å². The highest BCUT2D eigenvalue weighted by molar-refractivity contribution is 7.98. The van der Waals surface area contributed by atoms with E-state index in [0.717, 1.165) is 12.0 Å². The van der Waals surface area contributed by atoms with Crippen molar-refractivity contribution in [1.29, 1.82) is 0 Å². The SMILES string of the molecule is CCCNC1CCN(CC(C)CSC)CC1. The van der Waals surface area contributed by atoms with Gasteiger partial charge in [0.15, 0.2) is 0 Å². The molecule has 0 aliphatic carbocycles. The fourth-order valence-corrected chi connectivity index (χ4v) is 3.12. The number of hydrogen-bond donors (Lipinski definition) is 1. The molecule has 0 amide bonds. The molecule has 0 aromatic rings. The van der Waals surface area contributed by atoms with E-state index < -0.39 is 0 Å². The van der Waals surface area contributed by atoms with Crippen LogP contribution in [0.2, 0.25) is 0 Å². The van der Waals surface area contributed by atoms with E-state index in [1.54, 1.807) is 0 Å². The van der Waals surface area contributed by atoms with E-state index in [1.165, 1.54) is 51.2 Å². The van der Waals surface area contributed by atoms with Crippen molar-refractivity contribution in [2.45, 2.75) is 39.2 Å². The zero-order valence-electron chi connectivity index (χ0n) is 11.2. The summed E-state index contributed by atoms with van der Waals surface area (Å²) in [5, 5.41) is 3.64. The molecule has 16 heavy (non-hydrogen) atoms. The number of nitrogens with zero attached hydrogens (tertiary/aromatic N) is 1. The maximum Gasteiger partial charge on any atom is 0.00914 e. The minimum atomic E-state index is 0.784. The van der Waals surface area contributed by atoms with Crippen molar-refractivity contribution < 1.29 is 0 Å². The molecule has 96 valence electrons. The van der Waals surface area contributed by atoms with Crippen LogP contribution in [-0.4, -0.2) is 49.1 Å². The van der Waals surface area contributed by atoms with Crippen LogP contribution in [0.15, 0.2) is 0 Å². The predicted octanol–water partition coefficient (Wildman–Crippen LogP) is 2.45. The van der Waals surface area contributed by atoms with Crippen LogP contribution in [0.4, 0.5) is 0 Å². The zero-order chi connectivity index (χ0) is 11.8. The molecular weight excluding hydrogens is 216 g/mol. The monoisotopic (exact) mass is 244 g/mol. The van der Waals surface area contributed by atoms with Crippen molar-refractivity contribution in [3.63, 3.8) is 0 Å². The molecule has 1 aliphatic rings. The third kappa shape index (κ3) is 5.55. The first-order chi connectivity index (χ1) is 7.76. The molecule has 0 bridgehead atoms. The summed E-state index contributed by atoms with van der Waals surface area (Å²) in [6.07, 6.45) is 6.14. The lowest BCUT2D eigenvalue weighted by atomic mass is 10.0. The fraction of sp³-hybridized carbons (Fsp3) is 1.00. The first kappa shape index (κ1) is 14.3. The van der Waals surface area contributed by atoms with Crippen molar-refractivity contribution in [1.82, 2.24) is 10.2 Å². The molecule has 1 rings (SSSR count).